The van der Waals surface area contributed by atoms with Gasteiger partial charge in [-0.25, -0.2) is 4.79 Å². The van der Waals surface area contributed by atoms with Crippen molar-refractivity contribution in [1.29, 1.82) is 0 Å². The summed E-state index contributed by atoms with van der Waals surface area (Å²) in [4.78, 5) is 25.3. The summed E-state index contributed by atoms with van der Waals surface area (Å²) in [5.41, 5.74) is 0.882. The number of amides is 1. The molecule has 1 amide bonds. The number of thioether (sulfide) groups is 1. The fourth-order valence-electron chi connectivity index (χ4n) is 2.00. The van der Waals surface area contributed by atoms with E-state index < -0.39 is 18.0 Å². The lowest BCUT2D eigenvalue weighted by Gasteiger charge is -2.14. The van der Waals surface area contributed by atoms with Gasteiger partial charge in [0, 0.05) is 10.6 Å². The molecule has 0 radical (unpaired) electrons. The van der Waals surface area contributed by atoms with Crippen molar-refractivity contribution in [1.82, 2.24) is 0 Å². The lowest BCUT2D eigenvalue weighted by molar-refractivity contribution is -0.123. The van der Waals surface area contributed by atoms with E-state index >= 15 is 0 Å². The van der Waals surface area contributed by atoms with Crippen LogP contribution in [0.2, 0.25) is 5.02 Å². The van der Waals surface area contributed by atoms with Gasteiger partial charge in [0.1, 0.15) is 5.75 Å². The number of carbonyl (C=O) groups is 2. The second-order valence-electron chi connectivity index (χ2n) is 5.11. The van der Waals surface area contributed by atoms with Crippen molar-refractivity contribution in [3.8, 4) is 5.75 Å². The molecule has 2 aromatic carbocycles. The quantitative estimate of drug-likeness (QED) is 0.600. The lowest BCUT2D eigenvalue weighted by atomic mass is 10.2. The third-order valence-electron chi connectivity index (χ3n) is 3.40. The number of halogens is 1. The van der Waals surface area contributed by atoms with Crippen LogP contribution in [0, 0.1) is 0 Å². The van der Waals surface area contributed by atoms with Gasteiger partial charge in [-0.3, -0.25) is 4.79 Å². The first kappa shape index (κ1) is 19.1. The minimum Gasteiger partial charge on any atom is -0.495 e. The van der Waals surface area contributed by atoms with Gasteiger partial charge in [0.15, 0.2) is 6.10 Å². The predicted octanol–water partition coefficient (Wildman–Crippen LogP) is 4.25. The number of hydrogen-bond donors (Lipinski definition) is 1. The number of ether oxygens (including phenoxy) is 2. The topological polar surface area (TPSA) is 64.6 Å². The summed E-state index contributed by atoms with van der Waals surface area (Å²) in [5.74, 6) is -0.494. The minimum absolute atomic E-state index is 0.374. The van der Waals surface area contributed by atoms with E-state index in [1.165, 1.54) is 14.0 Å². The van der Waals surface area contributed by atoms with Crippen LogP contribution in [0.1, 0.15) is 17.3 Å². The summed E-state index contributed by atoms with van der Waals surface area (Å²) in [6.07, 6.45) is 0.999. The zero-order valence-corrected chi connectivity index (χ0v) is 15.6. The van der Waals surface area contributed by atoms with Gasteiger partial charge in [-0.2, -0.15) is 0 Å². The highest BCUT2D eigenvalue weighted by atomic mass is 35.5. The van der Waals surface area contributed by atoms with E-state index in [2.05, 4.69) is 5.32 Å². The number of hydrogen-bond acceptors (Lipinski definition) is 5. The Balaban J connectivity index is 1.97. The smallest absolute Gasteiger partial charge is 0.338 e. The van der Waals surface area contributed by atoms with Crippen LogP contribution in [0.3, 0.4) is 0 Å². The molecule has 0 unspecified atom stereocenters. The van der Waals surface area contributed by atoms with E-state index in [1.54, 1.807) is 42.1 Å². The molecule has 132 valence electrons. The minimum atomic E-state index is -0.950. The van der Waals surface area contributed by atoms with Crippen LogP contribution < -0.4 is 10.1 Å². The molecule has 0 saturated carbocycles. The molecular formula is C18H18ClNO4S. The number of methoxy groups -OCH3 is 1. The standard InChI is InChI=1S/C18H18ClNO4S/c1-11(24-18(22)12-4-7-14(25-3)8-5-12)17(21)20-13-6-9-16(23-2)15(19)10-13/h4-11H,1-3H3,(H,20,21)/t11-/m1/s1. The van der Waals surface area contributed by atoms with Crippen molar-refractivity contribution in [2.45, 2.75) is 17.9 Å². The average molecular weight is 380 g/mol. The molecule has 0 bridgehead atoms. The predicted molar refractivity (Wildman–Crippen MR) is 99.7 cm³/mol. The molecular weight excluding hydrogens is 362 g/mol. The van der Waals surface area contributed by atoms with Crippen molar-refractivity contribution in [3.63, 3.8) is 0 Å². The van der Waals surface area contributed by atoms with Crippen LogP contribution in [-0.2, 0) is 9.53 Å². The van der Waals surface area contributed by atoms with E-state index in [0.29, 0.717) is 22.0 Å². The SMILES string of the molecule is COc1ccc(NC(=O)[C@@H](C)OC(=O)c2ccc(SC)cc2)cc1Cl. The van der Waals surface area contributed by atoms with E-state index in [4.69, 9.17) is 21.1 Å². The molecule has 0 spiro atoms. The Morgan fingerprint density at radius 2 is 1.84 bits per heavy atom. The number of nitrogens with one attached hydrogen (secondary N) is 1. The molecule has 2 rings (SSSR count). The van der Waals surface area contributed by atoms with Crippen LogP contribution in [-0.4, -0.2) is 31.3 Å². The Hall–Kier alpha value is -2.18. The highest BCUT2D eigenvalue weighted by Gasteiger charge is 2.19. The largest absolute Gasteiger partial charge is 0.495 e. The Morgan fingerprint density at radius 3 is 2.40 bits per heavy atom. The van der Waals surface area contributed by atoms with E-state index in [0.717, 1.165) is 4.90 Å². The van der Waals surface area contributed by atoms with Crippen molar-refractivity contribution in [2.75, 3.05) is 18.7 Å². The van der Waals surface area contributed by atoms with Crippen molar-refractivity contribution in [3.05, 3.63) is 53.1 Å². The van der Waals surface area contributed by atoms with Gasteiger partial charge in [-0.15, -0.1) is 11.8 Å². The molecule has 0 aromatic heterocycles. The van der Waals surface area contributed by atoms with Crippen LogP contribution in [0.25, 0.3) is 0 Å². The Labute approximate surface area is 155 Å². The molecule has 2 aromatic rings. The third kappa shape index (κ3) is 5.14. The first-order valence-corrected chi connectivity index (χ1v) is 9.04. The number of rotatable bonds is 6. The van der Waals surface area contributed by atoms with Gasteiger partial charge < -0.3 is 14.8 Å². The molecule has 0 aliphatic heterocycles. The first-order chi connectivity index (χ1) is 11.9. The van der Waals surface area contributed by atoms with Crippen molar-refractivity contribution in [2.24, 2.45) is 0 Å². The molecule has 0 heterocycles. The number of esters is 1. The summed E-state index contributed by atoms with van der Waals surface area (Å²) >= 11 is 7.60. The Kier molecular flexibility index (Phi) is 6.73. The second kappa shape index (κ2) is 8.78. The Morgan fingerprint density at radius 1 is 1.16 bits per heavy atom. The fourth-order valence-corrected chi connectivity index (χ4v) is 2.66. The molecule has 1 atom stereocenters. The molecule has 7 heteroatoms. The van der Waals surface area contributed by atoms with Gasteiger partial charge >= 0.3 is 5.97 Å². The van der Waals surface area contributed by atoms with E-state index in [9.17, 15) is 9.59 Å². The van der Waals surface area contributed by atoms with Crippen LogP contribution >= 0.6 is 23.4 Å². The van der Waals surface area contributed by atoms with Crippen LogP contribution in [0.15, 0.2) is 47.4 Å². The van der Waals surface area contributed by atoms with Crippen molar-refractivity contribution < 1.29 is 19.1 Å². The maximum absolute atomic E-state index is 12.2. The fraction of sp³-hybridized carbons (Fsp3) is 0.222. The molecule has 0 fully saturated rings. The Bertz CT molecular complexity index is 764. The molecule has 0 aliphatic carbocycles. The maximum atomic E-state index is 12.2. The van der Waals surface area contributed by atoms with Gasteiger partial charge in [-0.1, -0.05) is 11.6 Å². The molecule has 25 heavy (non-hydrogen) atoms. The summed E-state index contributed by atoms with van der Waals surface area (Å²) in [6, 6.07) is 11.8. The molecule has 0 aliphatic rings. The lowest BCUT2D eigenvalue weighted by Crippen LogP contribution is -2.30. The van der Waals surface area contributed by atoms with Crippen LogP contribution in [0.5, 0.6) is 5.75 Å². The zero-order chi connectivity index (χ0) is 18.4. The summed E-state index contributed by atoms with van der Waals surface area (Å²) in [6.45, 7) is 1.51. The summed E-state index contributed by atoms with van der Waals surface area (Å²) in [7, 11) is 1.51. The van der Waals surface area contributed by atoms with E-state index in [1.807, 2.05) is 18.4 Å². The zero-order valence-electron chi connectivity index (χ0n) is 14.0. The normalized spacial score (nSPS) is 11.5. The molecule has 0 saturated heterocycles. The first-order valence-electron chi connectivity index (χ1n) is 7.44. The van der Waals surface area contributed by atoms with Crippen LogP contribution in [0.4, 0.5) is 5.69 Å². The number of carbonyl (C=O) groups excluding carboxylic acids is 2. The summed E-state index contributed by atoms with van der Waals surface area (Å²) in [5, 5.41) is 3.02. The maximum Gasteiger partial charge on any atom is 0.338 e. The van der Waals surface area contributed by atoms with Gasteiger partial charge in [0.2, 0.25) is 0 Å². The molecule has 5 nitrogen and oxygen atoms in total. The van der Waals surface area contributed by atoms with E-state index in [-0.39, 0.29) is 0 Å². The highest BCUT2D eigenvalue weighted by molar-refractivity contribution is 7.98. The second-order valence-corrected chi connectivity index (χ2v) is 6.40. The number of anilines is 1. The van der Waals surface area contributed by atoms with Crippen molar-refractivity contribution >= 4 is 40.9 Å². The number of benzene rings is 2. The van der Waals surface area contributed by atoms with Gasteiger partial charge in [0.05, 0.1) is 17.7 Å². The van der Waals surface area contributed by atoms with Gasteiger partial charge in [-0.05, 0) is 55.6 Å². The monoisotopic (exact) mass is 379 g/mol. The molecule has 1 N–H and O–H groups in total. The average Bonchev–Trinajstić information content (AvgIpc) is 2.61. The third-order valence-corrected chi connectivity index (χ3v) is 4.44. The van der Waals surface area contributed by atoms with Gasteiger partial charge in [0.25, 0.3) is 5.91 Å². The highest BCUT2D eigenvalue weighted by Crippen LogP contribution is 2.27. The summed E-state index contributed by atoms with van der Waals surface area (Å²) < 4.78 is 10.3.